The van der Waals surface area contributed by atoms with Crippen LogP contribution in [0.4, 0.5) is 0 Å². The number of hydrogen-bond donors (Lipinski definition) is 7. The van der Waals surface area contributed by atoms with E-state index in [1.54, 1.807) is 0 Å². The Hall–Kier alpha value is -3.29. The van der Waals surface area contributed by atoms with Gasteiger partial charge in [-0.15, -0.1) is 0 Å². The van der Waals surface area contributed by atoms with Crippen molar-refractivity contribution >= 4 is 5.97 Å². The smallest absolute Gasteiger partial charge is 0.338 e. The van der Waals surface area contributed by atoms with Gasteiger partial charge in [-0.1, -0.05) is 6.07 Å². The van der Waals surface area contributed by atoms with Gasteiger partial charge in [-0.3, -0.25) is 0 Å². The lowest BCUT2D eigenvalue weighted by molar-refractivity contribution is -0.289. The second-order valence-corrected chi connectivity index (χ2v) is 10.4. The average Bonchev–Trinajstić information content (AvgIpc) is 3.35. The molecule has 2 aromatic rings. The molecule has 0 unspecified atom stereocenters. The minimum absolute atomic E-state index is 0.0564. The SMILES string of the molecule is COc1ccc(C(=O)OC[C@@]2(O)CO[C@@H](OC[C@H]3O[C@@H](Oc4ccc([C@@H](O)CO)cc4OC)[C@H](O)[C@@H](O)[C@@H]3O)[C@@H]2O)cc1OC. The first-order chi connectivity index (χ1) is 21.5. The number of rotatable bonds is 13. The number of aliphatic hydroxyl groups is 7. The molecule has 2 aromatic carbocycles. The van der Waals surface area contributed by atoms with E-state index in [1.807, 2.05) is 0 Å². The minimum atomic E-state index is -2.05. The highest BCUT2D eigenvalue weighted by Crippen LogP contribution is 2.34. The summed E-state index contributed by atoms with van der Waals surface area (Å²) in [7, 11) is 4.17. The van der Waals surface area contributed by atoms with Crippen LogP contribution in [0, 0.1) is 0 Å². The van der Waals surface area contributed by atoms with Gasteiger partial charge in [0.05, 0.1) is 46.7 Å². The van der Waals surface area contributed by atoms with Crippen molar-refractivity contribution in [2.45, 2.75) is 54.8 Å². The summed E-state index contributed by atoms with van der Waals surface area (Å²) in [5, 5.41) is 72.2. The number of benzene rings is 2. The highest BCUT2D eigenvalue weighted by atomic mass is 16.7. The summed E-state index contributed by atoms with van der Waals surface area (Å²) in [6, 6.07) is 8.58. The molecule has 0 radical (unpaired) electrons. The first-order valence-electron chi connectivity index (χ1n) is 13.8. The van der Waals surface area contributed by atoms with Crippen LogP contribution in [0.3, 0.4) is 0 Å². The molecule has 45 heavy (non-hydrogen) atoms. The van der Waals surface area contributed by atoms with Crippen LogP contribution >= 0.6 is 0 Å². The Morgan fingerprint density at radius 1 is 0.911 bits per heavy atom. The Morgan fingerprint density at radius 2 is 1.58 bits per heavy atom. The second-order valence-electron chi connectivity index (χ2n) is 10.4. The number of methoxy groups -OCH3 is 3. The van der Waals surface area contributed by atoms with Gasteiger partial charge in [0.25, 0.3) is 0 Å². The first-order valence-corrected chi connectivity index (χ1v) is 13.8. The molecule has 0 amide bonds. The molecule has 0 spiro atoms. The van der Waals surface area contributed by atoms with E-state index in [0.29, 0.717) is 11.3 Å². The fourth-order valence-corrected chi connectivity index (χ4v) is 4.72. The summed E-state index contributed by atoms with van der Waals surface area (Å²) in [6.07, 6.45) is -12.2. The lowest BCUT2D eigenvalue weighted by atomic mass is 9.99. The molecule has 16 heteroatoms. The van der Waals surface area contributed by atoms with E-state index < -0.39 is 87.2 Å². The number of hydrogen-bond acceptors (Lipinski definition) is 16. The zero-order valence-corrected chi connectivity index (χ0v) is 24.7. The zero-order valence-electron chi connectivity index (χ0n) is 24.7. The predicted molar refractivity (Wildman–Crippen MR) is 149 cm³/mol. The maximum atomic E-state index is 12.6. The first kappa shape index (κ1) is 34.6. The zero-order chi connectivity index (χ0) is 32.9. The van der Waals surface area contributed by atoms with Crippen molar-refractivity contribution < 1.29 is 78.4 Å². The Morgan fingerprint density at radius 3 is 2.24 bits per heavy atom. The Kier molecular flexibility index (Phi) is 11.4. The van der Waals surface area contributed by atoms with Crippen molar-refractivity contribution in [1.29, 1.82) is 0 Å². The fourth-order valence-electron chi connectivity index (χ4n) is 4.72. The van der Waals surface area contributed by atoms with Crippen LogP contribution in [0.25, 0.3) is 0 Å². The summed E-state index contributed by atoms with van der Waals surface area (Å²) in [6.45, 7) is -2.14. The third-order valence-corrected chi connectivity index (χ3v) is 7.46. The Labute approximate surface area is 257 Å². The maximum Gasteiger partial charge on any atom is 0.338 e. The van der Waals surface area contributed by atoms with E-state index in [4.69, 9.17) is 37.9 Å². The number of carbonyl (C=O) groups excluding carboxylic acids is 1. The van der Waals surface area contributed by atoms with Gasteiger partial charge >= 0.3 is 5.97 Å². The van der Waals surface area contributed by atoms with Crippen LogP contribution in [0.1, 0.15) is 22.0 Å². The standard InChI is InChI=1S/C29H38O16/c1-38-17-6-5-15(9-19(17)39-2)26(36)42-12-29(37)13-43-28(25(29)35)41-11-21-22(32)23(33)24(34)27(45-21)44-18-7-4-14(16(31)10-30)8-20(18)40-3/h4-9,16,21-25,27-28,30-35,37H,10-13H2,1-3H3/t16-,21+,22+,23-,24+,25-,27+,28+,29+/m0/s1. The minimum Gasteiger partial charge on any atom is -0.493 e. The molecule has 250 valence electrons. The van der Waals surface area contributed by atoms with Crippen molar-refractivity contribution in [2.24, 2.45) is 0 Å². The monoisotopic (exact) mass is 642 g/mol. The van der Waals surface area contributed by atoms with Gasteiger partial charge in [0.1, 0.15) is 43.2 Å². The van der Waals surface area contributed by atoms with Crippen LogP contribution in [-0.2, 0) is 18.9 Å². The van der Waals surface area contributed by atoms with Crippen LogP contribution < -0.4 is 18.9 Å². The molecule has 7 N–H and O–H groups in total. The van der Waals surface area contributed by atoms with Crippen LogP contribution in [0.2, 0.25) is 0 Å². The van der Waals surface area contributed by atoms with Gasteiger partial charge in [-0.25, -0.2) is 4.79 Å². The molecule has 2 fully saturated rings. The third kappa shape index (κ3) is 7.58. The van der Waals surface area contributed by atoms with Crippen molar-refractivity contribution in [3.05, 3.63) is 47.5 Å². The summed E-state index contributed by atoms with van der Waals surface area (Å²) in [5.74, 6) is 0.0520. The highest BCUT2D eigenvalue weighted by molar-refractivity contribution is 5.90. The number of ether oxygens (including phenoxy) is 8. The van der Waals surface area contributed by atoms with Gasteiger partial charge in [0.15, 0.2) is 34.9 Å². The van der Waals surface area contributed by atoms with Crippen molar-refractivity contribution in [3.63, 3.8) is 0 Å². The van der Waals surface area contributed by atoms with Crippen molar-refractivity contribution in [2.75, 3.05) is 47.8 Å². The molecule has 2 aliphatic heterocycles. The van der Waals surface area contributed by atoms with Crippen molar-refractivity contribution in [3.8, 4) is 23.0 Å². The maximum absolute atomic E-state index is 12.6. The molecule has 0 aromatic heterocycles. The largest absolute Gasteiger partial charge is 0.493 e. The highest BCUT2D eigenvalue weighted by Gasteiger charge is 2.51. The molecule has 9 atom stereocenters. The average molecular weight is 643 g/mol. The quantitative estimate of drug-likeness (QED) is 0.120. The molecule has 16 nitrogen and oxygen atoms in total. The van der Waals surface area contributed by atoms with Gasteiger partial charge in [-0.05, 0) is 35.9 Å². The van der Waals surface area contributed by atoms with Crippen LogP contribution in [0.15, 0.2) is 36.4 Å². The van der Waals surface area contributed by atoms with Gasteiger partial charge in [-0.2, -0.15) is 0 Å². The molecular weight excluding hydrogens is 604 g/mol. The molecule has 0 bridgehead atoms. The topological polar surface area (TPSA) is 233 Å². The van der Waals surface area contributed by atoms with E-state index in [9.17, 15) is 40.5 Å². The van der Waals surface area contributed by atoms with Gasteiger partial charge < -0.3 is 73.6 Å². The van der Waals surface area contributed by atoms with Crippen LogP contribution in [0.5, 0.6) is 23.0 Å². The molecular formula is C29H38O16. The fraction of sp³-hybridized carbons (Fsp3) is 0.552. The summed E-state index contributed by atoms with van der Waals surface area (Å²) in [4.78, 5) is 12.6. The van der Waals surface area contributed by atoms with E-state index >= 15 is 0 Å². The van der Waals surface area contributed by atoms with E-state index in [2.05, 4.69) is 0 Å². The van der Waals surface area contributed by atoms with E-state index in [-0.39, 0.29) is 22.8 Å². The number of aliphatic hydroxyl groups excluding tert-OH is 6. The van der Waals surface area contributed by atoms with Crippen molar-refractivity contribution in [1.82, 2.24) is 0 Å². The summed E-state index contributed by atoms with van der Waals surface area (Å²) in [5.41, 5.74) is -1.61. The lowest BCUT2D eigenvalue weighted by Gasteiger charge is -2.40. The Bertz CT molecular complexity index is 1290. The molecule has 4 rings (SSSR count). The molecule has 2 saturated heterocycles. The molecule has 2 aliphatic rings. The lowest BCUT2D eigenvalue weighted by Crippen LogP contribution is -2.60. The van der Waals surface area contributed by atoms with Gasteiger partial charge in [0, 0.05) is 0 Å². The Balaban J connectivity index is 1.35. The molecule has 0 aliphatic carbocycles. The molecule has 0 saturated carbocycles. The summed E-state index contributed by atoms with van der Waals surface area (Å²) < 4.78 is 43.0. The normalized spacial score (nSPS) is 30.4. The number of esters is 1. The van der Waals surface area contributed by atoms with E-state index in [1.165, 1.54) is 57.7 Å². The van der Waals surface area contributed by atoms with Crippen LogP contribution in [-0.4, -0.2) is 138 Å². The van der Waals surface area contributed by atoms with Gasteiger partial charge in [0.2, 0.25) is 6.29 Å². The summed E-state index contributed by atoms with van der Waals surface area (Å²) >= 11 is 0. The third-order valence-electron chi connectivity index (χ3n) is 7.46. The predicted octanol–water partition coefficient (Wildman–Crippen LogP) is -1.75. The number of carbonyl (C=O) groups is 1. The van der Waals surface area contributed by atoms with E-state index in [0.717, 1.165) is 0 Å². The molecule has 2 heterocycles. The second kappa shape index (κ2) is 14.9.